The largest absolute Gasteiger partial charge is 0.188 e. The smallest absolute Gasteiger partial charge is 0.0616 e. The van der Waals surface area contributed by atoms with Crippen LogP contribution in [0.5, 0.6) is 0 Å². The third-order valence-electron chi connectivity index (χ3n) is 4.23. The van der Waals surface area contributed by atoms with Gasteiger partial charge in [0.15, 0.2) is 34.0 Å². The van der Waals surface area contributed by atoms with Crippen molar-refractivity contribution in [1.82, 2.24) is 0 Å². The first-order valence-electron chi connectivity index (χ1n) is 6.70. The molecule has 3 aliphatic rings. The van der Waals surface area contributed by atoms with Crippen LogP contribution in [0.3, 0.4) is 0 Å². The Kier molecular flexibility index (Phi) is 2.81. The molecule has 3 heterocycles. The molecule has 3 saturated heterocycles. The lowest BCUT2D eigenvalue weighted by Gasteiger charge is -2.29. The van der Waals surface area contributed by atoms with Crippen molar-refractivity contribution in [3.63, 3.8) is 0 Å². The van der Waals surface area contributed by atoms with E-state index >= 15 is 0 Å². The normalized spacial score (nSPS) is 30.8. The first kappa shape index (κ1) is 11.2. The Labute approximate surface area is 114 Å². The maximum atomic E-state index is 2.39. The van der Waals surface area contributed by atoms with Gasteiger partial charge in [0, 0.05) is 27.4 Å². The second-order valence-electron chi connectivity index (χ2n) is 5.19. The maximum Gasteiger partial charge on any atom is 0.188 e. The second-order valence-corrected chi connectivity index (χ2v) is 10.0. The number of fused-ring (bicyclic) bond motifs is 4. The first-order chi connectivity index (χ1) is 8.92. The van der Waals surface area contributed by atoms with Crippen molar-refractivity contribution < 1.29 is 0 Å². The summed E-state index contributed by atoms with van der Waals surface area (Å²) in [6.07, 6.45) is 0. The minimum Gasteiger partial charge on any atom is -0.0616 e. The molecule has 2 heteroatoms. The fourth-order valence-electron chi connectivity index (χ4n) is 3.22. The Balaban J connectivity index is 1.83. The topological polar surface area (TPSA) is 0 Å². The quantitative estimate of drug-likeness (QED) is 0.701. The van der Waals surface area contributed by atoms with Crippen LogP contribution in [0.15, 0.2) is 42.5 Å². The molecule has 18 heavy (non-hydrogen) atoms. The molecule has 2 bridgehead atoms. The predicted octanol–water partition coefficient (Wildman–Crippen LogP) is 3.14. The summed E-state index contributed by atoms with van der Waals surface area (Å²) in [5, 5.41) is 3.81. The van der Waals surface area contributed by atoms with Gasteiger partial charge in [0.05, 0.1) is 0 Å². The van der Waals surface area contributed by atoms with Gasteiger partial charge in [0.25, 0.3) is 0 Å². The van der Waals surface area contributed by atoms with E-state index in [1.54, 1.807) is 5.56 Å². The maximum absolute atomic E-state index is 2.39. The van der Waals surface area contributed by atoms with Crippen molar-refractivity contribution >= 4 is 32.6 Å². The van der Waals surface area contributed by atoms with E-state index in [2.05, 4.69) is 42.5 Å². The highest BCUT2D eigenvalue weighted by atomic mass is 32.2. The van der Waals surface area contributed by atoms with E-state index in [4.69, 9.17) is 0 Å². The molecule has 0 nitrogen and oxygen atoms in total. The van der Waals surface area contributed by atoms with Gasteiger partial charge in [-0.05, 0) is 10.8 Å². The Bertz CT molecular complexity index is 565. The zero-order chi connectivity index (χ0) is 11.9. The summed E-state index contributed by atoms with van der Waals surface area (Å²) in [5.74, 6) is 7.57. The number of rotatable bonds is 1. The minimum absolute atomic E-state index is 0.677. The molecule has 1 atom stereocenters. The molecular formula is C16H18S2+2. The van der Waals surface area contributed by atoms with E-state index in [-0.39, 0.29) is 0 Å². The highest BCUT2D eigenvalue weighted by Crippen LogP contribution is 2.39. The molecule has 0 amide bonds. The molecule has 92 valence electrons. The van der Waals surface area contributed by atoms with Crippen molar-refractivity contribution in [3.8, 4) is 0 Å². The summed E-state index contributed by atoms with van der Waals surface area (Å²) in [5.41, 5.74) is 1.65. The summed E-state index contributed by atoms with van der Waals surface area (Å²) in [6.45, 7) is 0. The SMILES string of the molecule is c1ccc2c(C3C[S+]4CC[S+]3CC4)cccc2c1. The molecule has 0 aromatic heterocycles. The Hall–Kier alpha value is -0.600. The van der Waals surface area contributed by atoms with Gasteiger partial charge in [-0.3, -0.25) is 0 Å². The molecule has 2 aromatic rings. The molecule has 0 aliphatic carbocycles. The van der Waals surface area contributed by atoms with Gasteiger partial charge in [-0.1, -0.05) is 42.5 Å². The van der Waals surface area contributed by atoms with Crippen LogP contribution in [0, 0.1) is 0 Å². The Morgan fingerprint density at radius 1 is 0.833 bits per heavy atom. The molecule has 5 rings (SSSR count). The van der Waals surface area contributed by atoms with Crippen LogP contribution in [0.1, 0.15) is 10.8 Å². The van der Waals surface area contributed by atoms with Gasteiger partial charge >= 0.3 is 0 Å². The van der Waals surface area contributed by atoms with Crippen molar-refractivity contribution in [3.05, 3.63) is 48.0 Å². The summed E-state index contributed by atoms with van der Waals surface area (Å²) in [6, 6.07) is 15.8. The van der Waals surface area contributed by atoms with Crippen LogP contribution in [0.4, 0.5) is 0 Å². The van der Waals surface area contributed by atoms with Gasteiger partial charge in [-0.25, -0.2) is 0 Å². The summed E-state index contributed by atoms with van der Waals surface area (Å²) < 4.78 is 0. The zero-order valence-electron chi connectivity index (χ0n) is 10.5. The monoisotopic (exact) mass is 274 g/mol. The average molecular weight is 274 g/mol. The first-order valence-corrected chi connectivity index (χ1v) is 10.1. The van der Waals surface area contributed by atoms with E-state index in [9.17, 15) is 0 Å². The molecule has 0 N–H and O–H groups in total. The summed E-state index contributed by atoms with van der Waals surface area (Å²) in [4.78, 5) is 0. The van der Waals surface area contributed by atoms with Gasteiger partial charge < -0.3 is 0 Å². The van der Waals surface area contributed by atoms with Crippen LogP contribution < -0.4 is 0 Å². The minimum atomic E-state index is 0.677. The fraction of sp³-hybridized carbons (Fsp3) is 0.375. The molecular weight excluding hydrogens is 256 g/mol. The lowest BCUT2D eigenvalue weighted by molar-refractivity contribution is 1.05. The third-order valence-corrected chi connectivity index (χ3v) is 10.0. The summed E-state index contributed by atoms with van der Waals surface area (Å²) >= 11 is 0. The lowest BCUT2D eigenvalue weighted by atomic mass is 10.0. The van der Waals surface area contributed by atoms with Gasteiger partial charge in [0.1, 0.15) is 0 Å². The van der Waals surface area contributed by atoms with Crippen LogP contribution >= 0.6 is 0 Å². The Morgan fingerprint density at radius 3 is 2.39 bits per heavy atom. The van der Waals surface area contributed by atoms with Crippen LogP contribution in [-0.2, 0) is 21.8 Å². The fourth-order valence-corrected chi connectivity index (χ4v) is 10.6. The van der Waals surface area contributed by atoms with E-state index in [1.807, 2.05) is 0 Å². The molecule has 3 fully saturated rings. The molecule has 3 aliphatic heterocycles. The highest BCUT2D eigenvalue weighted by molar-refractivity contribution is 8.07. The van der Waals surface area contributed by atoms with Crippen molar-refractivity contribution in [2.75, 3.05) is 28.8 Å². The lowest BCUT2D eigenvalue weighted by Crippen LogP contribution is -2.46. The van der Waals surface area contributed by atoms with E-state index in [1.165, 1.54) is 39.5 Å². The van der Waals surface area contributed by atoms with Crippen molar-refractivity contribution in [1.29, 1.82) is 0 Å². The van der Waals surface area contributed by atoms with Crippen LogP contribution in [0.25, 0.3) is 10.8 Å². The molecule has 2 aromatic carbocycles. The molecule has 1 unspecified atom stereocenters. The highest BCUT2D eigenvalue weighted by Gasteiger charge is 2.50. The number of benzene rings is 2. The van der Waals surface area contributed by atoms with Gasteiger partial charge in [0.2, 0.25) is 0 Å². The third kappa shape index (κ3) is 1.78. The number of hydrogen-bond donors (Lipinski definition) is 0. The van der Waals surface area contributed by atoms with Gasteiger partial charge in [-0.15, -0.1) is 0 Å². The summed E-state index contributed by atoms with van der Waals surface area (Å²) in [7, 11) is 1.42. The molecule has 0 radical (unpaired) electrons. The van der Waals surface area contributed by atoms with Crippen LogP contribution in [0.2, 0.25) is 0 Å². The van der Waals surface area contributed by atoms with E-state index < -0.39 is 0 Å². The molecule has 0 spiro atoms. The molecule has 0 saturated carbocycles. The van der Waals surface area contributed by atoms with Crippen LogP contribution in [-0.4, -0.2) is 28.8 Å². The average Bonchev–Trinajstić information content (AvgIpc) is 2.48. The van der Waals surface area contributed by atoms with E-state index in [0.29, 0.717) is 10.9 Å². The van der Waals surface area contributed by atoms with E-state index in [0.717, 1.165) is 16.1 Å². The van der Waals surface area contributed by atoms with Crippen molar-refractivity contribution in [2.24, 2.45) is 0 Å². The standard InChI is InChI=1S/C16H18S2/c1-2-6-14-13(4-1)5-3-7-15(14)16-12-17-8-10-18(16)11-9-17/h1-7,16H,8-12H2/q+2. The predicted molar refractivity (Wildman–Crippen MR) is 85.8 cm³/mol. The Morgan fingerprint density at radius 2 is 1.61 bits per heavy atom. The number of hydrogen-bond acceptors (Lipinski definition) is 0. The zero-order valence-corrected chi connectivity index (χ0v) is 12.1. The van der Waals surface area contributed by atoms with Crippen molar-refractivity contribution in [2.45, 2.75) is 5.25 Å². The second kappa shape index (κ2) is 4.50. The van der Waals surface area contributed by atoms with Gasteiger partial charge in [-0.2, -0.15) is 0 Å².